The van der Waals surface area contributed by atoms with Gasteiger partial charge in [0.2, 0.25) is 15.9 Å². The number of fused-ring (bicyclic) bond motifs is 1. The van der Waals surface area contributed by atoms with Crippen molar-refractivity contribution in [3.63, 3.8) is 0 Å². The maximum atomic E-state index is 13.2. The Kier molecular flexibility index (Phi) is 4.72. The van der Waals surface area contributed by atoms with Crippen LogP contribution in [0, 0.1) is 5.92 Å². The van der Waals surface area contributed by atoms with Gasteiger partial charge in [-0.15, -0.1) is 0 Å². The molecule has 1 aliphatic heterocycles. The second-order valence-electron chi connectivity index (χ2n) is 6.56. The zero-order valence-corrected chi connectivity index (χ0v) is 15.2. The van der Waals surface area contributed by atoms with Crippen LogP contribution in [0.5, 0.6) is 0 Å². The van der Waals surface area contributed by atoms with E-state index in [0.717, 1.165) is 0 Å². The minimum Gasteiger partial charge on any atom is -0.355 e. The lowest BCUT2D eigenvalue weighted by Crippen LogP contribution is -2.49. The van der Waals surface area contributed by atoms with Gasteiger partial charge in [0.15, 0.2) is 0 Å². The first kappa shape index (κ1) is 18.3. The van der Waals surface area contributed by atoms with Crippen LogP contribution in [0.1, 0.15) is 20.3 Å². The van der Waals surface area contributed by atoms with E-state index < -0.39 is 27.3 Å². The molecule has 0 aliphatic carbocycles. The molecule has 140 valence electrons. The number of carbonyl (C=O) groups excluding carboxylic acids is 1. The topological polar surface area (TPSA) is 132 Å². The van der Waals surface area contributed by atoms with Crippen LogP contribution < -0.4 is 16.6 Å². The van der Waals surface area contributed by atoms with Gasteiger partial charge in [-0.1, -0.05) is 13.8 Å². The van der Waals surface area contributed by atoms with E-state index in [-0.39, 0.29) is 34.2 Å². The molecule has 2 aromatic rings. The van der Waals surface area contributed by atoms with Crippen molar-refractivity contribution in [1.82, 2.24) is 19.6 Å². The summed E-state index contributed by atoms with van der Waals surface area (Å²) in [6, 6.07) is 3.10. The van der Waals surface area contributed by atoms with E-state index in [9.17, 15) is 22.8 Å². The summed E-state index contributed by atoms with van der Waals surface area (Å²) in [5.74, 6) is -0.549. The maximum absolute atomic E-state index is 13.2. The van der Waals surface area contributed by atoms with Gasteiger partial charge in [0.05, 0.1) is 15.8 Å². The molecule has 0 radical (unpaired) electrons. The molecular formula is C16H20N4O5S. The van der Waals surface area contributed by atoms with Crippen molar-refractivity contribution in [3.05, 3.63) is 39.0 Å². The van der Waals surface area contributed by atoms with Crippen molar-refractivity contribution in [2.24, 2.45) is 5.92 Å². The van der Waals surface area contributed by atoms with Crippen molar-refractivity contribution in [2.75, 3.05) is 13.1 Å². The molecule has 3 N–H and O–H groups in total. The van der Waals surface area contributed by atoms with Gasteiger partial charge in [0.1, 0.15) is 6.04 Å². The van der Waals surface area contributed by atoms with Crippen LogP contribution in [0.4, 0.5) is 0 Å². The number of aromatic amines is 2. The largest absolute Gasteiger partial charge is 0.355 e. The number of nitrogens with zero attached hydrogens (tertiary/aromatic N) is 1. The molecule has 1 fully saturated rings. The molecule has 2 heterocycles. The third-order valence-electron chi connectivity index (χ3n) is 4.38. The summed E-state index contributed by atoms with van der Waals surface area (Å²) in [6.45, 7) is 4.18. The van der Waals surface area contributed by atoms with Crippen LogP contribution in [-0.2, 0) is 14.8 Å². The average Bonchev–Trinajstić information content (AvgIpc) is 2.76. The fraction of sp³-hybridized carbons (Fsp3) is 0.438. The third kappa shape index (κ3) is 3.17. The third-order valence-corrected chi connectivity index (χ3v) is 6.26. The molecule has 0 saturated carbocycles. The Morgan fingerprint density at radius 1 is 1.15 bits per heavy atom. The summed E-state index contributed by atoms with van der Waals surface area (Å²) in [7, 11) is -4.00. The highest BCUT2D eigenvalue weighted by molar-refractivity contribution is 7.89. The van der Waals surface area contributed by atoms with E-state index >= 15 is 0 Å². The summed E-state index contributed by atoms with van der Waals surface area (Å²) in [4.78, 5) is 40.1. The fourth-order valence-electron chi connectivity index (χ4n) is 3.17. The van der Waals surface area contributed by atoms with Crippen LogP contribution in [-0.4, -0.2) is 47.7 Å². The van der Waals surface area contributed by atoms with Gasteiger partial charge in [0, 0.05) is 13.1 Å². The highest BCUT2D eigenvalue weighted by atomic mass is 32.2. The summed E-state index contributed by atoms with van der Waals surface area (Å²) < 4.78 is 27.6. The molecule has 1 aromatic heterocycles. The van der Waals surface area contributed by atoms with Crippen molar-refractivity contribution < 1.29 is 13.2 Å². The number of rotatable bonds is 3. The molecule has 10 heteroatoms. The first-order valence-electron chi connectivity index (χ1n) is 8.28. The summed E-state index contributed by atoms with van der Waals surface area (Å²) >= 11 is 0. The molecule has 1 amide bonds. The molecule has 3 rings (SSSR count). The molecule has 1 saturated heterocycles. The first-order chi connectivity index (χ1) is 12.2. The number of benzene rings is 1. The number of carbonyl (C=O) groups is 1. The molecule has 9 nitrogen and oxygen atoms in total. The molecule has 0 spiro atoms. The van der Waals surface area contributed by atoms with E-state index in [1.165, 1.54) is 22.5 Å². The molecule has 1 aromatic carbocycles. The molecule has 1 aliphatic rings. The second kappa shape index (κ2) is 6.69. The first-order valence-corrected chi connectivity index (χ1v) is 9.72. The number of nitrogens with one attached hydrogen (secondary N) is 3. The van der Waals surface area contributed by atoms with E-state index in [2.05, 4.69) is 15.3 Å². The predicted molar refractivity (Wildman–Crippen MR) is 95.3 cm³/mol. The Labute approximate surface area is 149 Å². The lowest BCUT2D eigenvalue weighted by molar-refractivity contribution is -0.125. The van der Waals surface area contributed by atoms with Gasteiger partial charge in [0.25, 0.3) is 5.56 Å². The normalized spacial score (nSPS) is 19.5. The van der Waals surface area contributed by atoms with Crippen molar-refractivity contribution in [1.29, 1.82) is 0 Å². The minimum absolute atomic E-state index is 0.0612. The molecule has 26 heavy (non-hydrogen) atoms. The number of hydrogen-bond acceptors (Lipinski definition) is 5. The Bertz CT molecular complexity index is 1070. The number of amides is 1. The van der Waals surface area contributed by atoms with Crippen molar-refractivity contribution >= 4 is 26.8 Å². The summed E-state index contributed by atoms with van der Waals surface area (Å²) in [5, 5.41) is 2.80. The number of aromatic nitrogens is 2. The van der Waals surface area contributed by atoms with Gasteiger partial charge in [-0.3, -0.25) is 14.6 Å². The van der Waals surface area contributed by atoms with Crippen LogP contribution in [0.15, 0.2) is 32.7 Å². The van der Waals surface area contributed by atoms with E-state index in [4.69, 9.17) is 0 Å². The average molecular weight is 380 g/mol. The van der Waals surface area contributed by atoms with Crippen LogP contribution in [0.25, 0.3) is 10.9 Å². The van der Waals surface area contributed by atoms with Gasteiger partial charge in [-0.05, 0) is 30.5 Å². The highest BCUT2D eigenvalue weighted by Crippen LogP contribution is 2.25. The molecular weight excluding hydrogens is 360 g/mol. The zero-order chi connectivity index (χ0) is 19.1. The summed E-state index contributed by atoms with van der Waals surface area (Å²) in [6.07, 6.45) is 0.496. The van der Waals surface area contributed by atoms with Gasteiger partial charge < -0.3 is 10.3 Å². The second-order valence-corrected chi connectivity index (χ2v) is 8.46. The molecule has 0 bridgehead atoms. The molecule has 1 unspecified atom stereocenters. The zero-order valence-electron chi connectivity index (χ0n) is 14.4. The summed E-state index contributed by atoms with van der Waals surface area (Å²) in [5.41, 5.74) is -1.09. The standard InChI is InChI=1S/C16H20N4O5S/c1-9(2)13-15(22)17-6-3-7-20(13)26(24,25)10-4-5-12-11(8-10)14(21)19-16(23)18-12/h4-5,8-9,13H,3,6-7H2,1-2H3,(H,17,22)(H2,18,19,21,23). The van der Waals surface area contributed by atoms with Crippen LogP contribution in [0.2, 0.25) is 0 Å². The Hall–Kier alpha value is -2.46. The van der Waals surface area contributed by atoms with Gasteiger partial charge in [-0.25, -0.2) is 13.2 Å². The Morgan fingerprint density at radius 2 is 1.88 bits per heavy atom. The van der Waals surface area contributed by atoms with Gasteiger partial charge >= 0.3 is 5.69 Å². The Balaban J connectivity index is 2.14. The molecule has 1 atom stereocenters. The van der Waals surface area contributed by atoms with Gasteiger partial charge in [-0.2, -0.15) is 4.31 Å². The highest BCUT2D eigenvalue weighted by Gasteiger charge is 2.39. The van der Waals surface area contributed by atoms with Crippen molar-refractivity contribution in [2.45, 2.75) is 31.2 Å². The van der Waals surface area contributed by atoms with E-state index in [0.29, 0.717) is 13.0 Å². The van der Waals surface area contributed by atoms with E-state index in [1.807, 2.05) is 0 Å². The maximum Gasteiger partial charge on any atom is 0.326 e. The van der Waals surface area contributed by atoms with Crippen molar-refractivity contribution in [3.8, 4) is 0 Å². The Morgan fingerprint density at radius 3 is 2.58 bits per heavy atom. The van der Waals surface area contributed by atoms with Crippen LogP contribution >= 0.6 is 0 Å². The SMILES string of the molecule is CC(C)C1C(=O)NCCCN1S(=O)(=O)c1ccc2[nH]c(=O)[nH]c(=O)c2c1. The fourth-order valence-corrected chi connectivity index (χ4v) is 4.95. The quantitative estimate of drug-likeness (QED) is 0.676. The smallest absolute Gasteiger partial charge is 0.326 e. The number of sulfonamides is 1. The lowest BCUT2D eigenvalue weighted by Gasteiger charge is -2.30. The minimum atomic E-state index is -4.00. The monoisotopic (exact) mass is 380 g/mol. The number of H-pyrrole nitrogens is 2. The lowest BCUT2D eigenvalue weighted by atomic mass is 10.0. The van der Waals surface area contributed by atoms with Crippen LogP contribution in [0.3, 0.4) is 0 Å². The predicted octanol–water partition coefficient (Wildman–Crippen LogP) is -0.248. The number of hydrogen-bond donors (Lipinski definition) is 3. The van der Waals surface area contributed by atoms with E-state index in [1.54, 1.807) is 13.8 Å².